The number of rotatable bonds is 7. The highest BCUT2D eigenvalue weighted by Gasteiger charge is 2.14. The summed E-state index contributed by atoms with van der Waals surface area (Å²) in [6.45, 7) is 2.29. The Balaban J connectivity index is 1.43. The molecule has 1 unspecified atom stereocenters. The number of ether oxygens (including phenoxy) is 1. The Morgan fingerprint density at radius 1 is 1.19 bits per heavy atom. The molecule has 1 saturated heterocycles. The minimum Gasteiger partial charge on any atom is -0.376 e. The Morgan fingerprint density at radius 2 is 2.06 bits per heavy atom. The fourth-order valence-electron chi connectivity index (χ4n) is 3.42. The van der Waals surface area contributed by atoms with Gasteiger partial charge in [-0.2, -0.15) is 0 Å². The smallest absolute Gasteiger partial charge is 0.269 e. The first-order valence-electron chi connectivity index (χ1n) is 10.3. The number of aromatic nitrogens is 3. The van der Waals surface area contributed by atoms with Crippen LogP contribution < -0.4 is 10.6 Å². The number of non-ortho nitro benzene ring substituents is 1. The van der Waals surface area contributed by atoms with Crippen molar-refractivity contribution in [1.29, 1.82) is 0 Å². The SMILES string of the molecule is O=[N+]([O-])c1ccc(CN=C(NCc2nnc3ccccn23)NCC2CCCCO2)cc1. The summed E-state index contributed by atoms with van der Waals surface area (Å²) in [4.78, 5) is 15.1. The highest BCUT2D eigenvalue weighted by Crippen LogP contribution is 2.13. The number of nitro groups is 1. The van der Waals surface area contributed by atoms with Crippen molar-refractivity contribution in [2.75, 3.05) is 13.2 Å². The number of guanidine groups is 1. The Kier molecular flexibility index (Phi) is 6.68. The van der Waals surface area contributed by atoms with Crippen LogP contribution in [0, 0.1) is 10.1 Å². The van der Waals surface area contributed by atoms with Crippen LogP contribution in [0.4, 0.5) is 5.69 Å². The summed E-state index contributed by atoms with van der Waals surface area (Å²) in [7, 11) is 0. The van der Waals surface area contributed by atoms with E-state index in [-0.39, 0.29) is 11.8 Å². The fraction of sp³-hybridized carbons (Fsp3) is 0.381. The lowest BCUT2D eigenvalue weighted by atomic mass is 10.1. The molecule has 0 bridgehead atoms. The fourth-order valence-corrected chi connectivity index (χ4v) is 3.42. The first kappa shape index (κ1) is 20.7. The number of aliphatic imine (C=N–C) groups is 1. The Morgan fingerprint density at radius 3 is 2.84 bits per heavy atom. The standard InChI is InChI=1S/C21H25N7O3/c29-28(30)17-9-7-16(8-10-17)13-22-21(23-14-18-5-2-4-12-31-18)24-15-20-26-25-19-6-1-3-11-27(19)20/h1,3,6-11,18H,2,4-5,12-15H2,(H2,22,23,24). The summed E-state index contributed by atoms with van der Waals surface area (Å²) in [6.07, 6.45) is 5.38. The van der Waals surface area contributed by atoms with Gasteiger partial charge in [0.25, 0.3) is 5.69 Å². The van der Waals surface area contributed by atoms with Crippen LogP contribution in [0.1, 0.15) is 30.7 Å². The van der Waals surface area contributed by atoms with E-state index < -0.39 is 4.92 Å². The van der Waals surface area contributed by atoms with Gasteiger partial charge in [-0.15, -0.1) is 10.2 Å². The highest BCUT2D eigenvalue weighted by molar-refractivity contribution is 5.79. The molecule has 3 aromatic rings. The van der Waals surface area contributed by atoms with Crippen molar-refractivity contribution in [2.45, 2.75) is 38.5 Å². The largest absolute Gasteiger partial charge is 0.376 e. The molecule has 0 aliphatic carbocycles. The van der Waals surface area contributed by atoms with Crippen molar-refractivity contribution in [3.63, 3.8) is 0 Å². The predicted octanol–water partition coefficient (Wildman–Crippen LogP) is 2.44. The molecule has 1 atom stereocenters. The van der Waals surface area contributed by atoms with E-state index in [2.05, 4.69) is 25.8 Å². The molecule has 4 rings (SSSR count). The number of nitro benzene ring substituents is 1. The van der Waals surface area contributed by atoms with Crippen LogP contribution in [0.3, 0.4) is 0 Å². The average molecular weight is 423 g/mol. The van der Waals surface area contributed by atoms with E-state index in [0.29, 0.717) is 25.6 Å². The van der Waals surface area contributed by atoms with Crippen LogP contribution in [-0.2, 0) is 17.8 Å². The summed E-state index contributed by atoms with van der Waals surface area (Å²) < 4.78 is 7.72. The minimum absolute atomic E-state index is 0.0670. The van der Waals surface area contributed by atoms with Gasteiger partial charge in [0.15, 0.2) is 17.4 Å². The van der Waals surface area contributed by atoms with E-state index in [1.54, 1.807) is 12.1 Å². The van der Waals surface area contributed by atoms with Crippen LogP contribution >= 0.6 is 0 Å². The number of nitrogens with zero attached hydrogens (tertiary/aromatic N) is 5. The molecule has 0 amide bonds. The minimum atomic E-state index is -0.408. The van der Waals surface area contributed by atoms with E-state index >= 15 is 0 Å². The van der Waals surface area contributed by atoms with Crippen molar-refractivity contribution in [2.24, 2.45) is 4.99 Å². The molecule has 0 spiro atoms. The molecule has 0 radical (unpaired) electrons. The molecular formula is C21H25N7O3. The number of pyridine rings is 1. The first-order valence-corrected chi connectivity index (χ1v) is 10.3. The van der Waals surface area contributed by atoms with Crippen LogP contribution in [0.5, 0.6) is 0 Å². The molecule has 1 aromatic carbocycles. The molecule has 2 N–H and O–H groups in total. The monoisotopic (exact) mass is 423 g/mol. The van der Waals surface area contributed by atoms with Gasteiger partial charge in [-0.25, -0.2) is 4.99 Å². The number of nitrogens with one attached hydrogen (secondary N) is 2. The molecule has 10 nitrogen and oxygen atoms in total. The quantitative estimate of drug-likeness (QED) is 0.259. The second-order valence-corrected chi connectivity index (χ2v) is 7.36. The van der Waals surface area contributed by atoms with Crippen LogP contribution in [0.25, 0.3) is 5.65 Å². The lowest BCUT2D eigenvalue weighted by molar-refractivity contribution is -0.384. The Bertz CT molecular complexity index is 1040. The molecule has 31 heavy (non-hydrogen) atoms. The molecule has 10 heteroatoms. The van der Waals surface area contributed by atoms with Gasteiger partial charge < -0.3 is 15.4 Å². The Labute approximate surface area is 179 Å². The third-order valence-corrected chi connectivity index (χ3v) is 5.14. The van der Waals surface area contributed by atoms with Crippen molar-refractivity contribution >= 4 is 17.3 Å². The van der Waals surface area contributed by atoms with E-state index in [1.165, 1.54) is 18.6 Å². The van der Waals surface area contributed by atoms with Gasteiger partial charge in [0, 0.05) is 31.5 Å². The zero-order chi connectivity index (χ0) is 21.5. The molecule has 1 aliphatic heterocycles. The van der Waals surface area contributed by atoms with E-state index in [1.807, 2.05) is 28.8 Å². The summed E-state index contributed by atoms with van der Waals surface area (Å²) in [6, 6.07) is 12.2. The summed E-state index contributed by atoms with van der Waals surface area (Å²) >= 11 is 0. The van der Waals surface area contributed by atoms with Gasteiger partial charge in [0.1, 0.15) is 0 Å². The maximum absolute atomic E-state index is 10.8. The van der Waals surface area contributed by atoms with Gasteiger partial charge in [0.2, 0.25) is 0 Å². The van der Waals surface area contributed by atoms with Crippen LogP contribution in [0.15, 0.2) is 53.7 Å². The van der Waals surface area contributed by atoms with E-state index in [0.717, 1.165) is 36.5 Å². The third kappa shape index (κ3) is 5.54. The molecule has 162 valence electrons. The summed E-state index contributed by atoms with van der Waals surface area (Å²) in [5, 5.41) is 25.9. The van der Waals surface area contributed by atoms with Crippen LogP contribution in [0.2, 0.25) is 0 Å². The molecule has 0 saturated carbocycles. The van der Waals surface area contributed by atoms with Crippen molar-refractivity contribution in [1.82, 2.24) is 25.2 Å². The normalized spacial score (nSPS) is 16.9. The molecule has 2 aromatic heterocycles. The van der Waals surface area contributed by atoms with Gasteiger partial charge >= 0.3 is 0 Å². The predicted molar refractivity (Wildman–Crippen MR) is 116 cm³/mol. The zero-order valence-corrected chi connectivity index (χ0v) is 17.1. The maximum Gasteiger partial charge on any atom is 0.269 e. The molecule has 1 fully saturated rings. The third-order valence-electron chi connectivity index (χ3n) is 5.14. The Hall–Kier alpha value is -3.53. The lowest BCUT2D eigenvalue weighted by Gasteiger charge is -2.23. The second kappa shape index (κ2) is 9.98. The lowest BCUT2D eigenvalue weighted by Crippen LogP contribution is -2.42. The average Bonchev–Trinajstić information content (AvgIpc) is 3.22. The van der Waals surface area contributed by atoms with Crippen LogP contribution in [-0.4, -0.2) is 44.7 Å². The van der Waals surface area contributed by atoms with Crippen molar-refractivity contribution < 1.29 is 9.66 Å². The van der Waals surface area contributed by atoms with Crippen molar-refractivity contribution in [3.05, 3.63) is 70.2 Å². The number of hydrogen-bond donors (Lipinski definition) is 2. The summed E-state index contributed by atoms with van der Waals surface area (Å²) in [5.74, 6) is 1.40. The van der Waals surface area contributed by atoms with E-state index in [9.17, 15) is 10.1 Å². The number of hydrogen-bond acceptors (Lipinski definition) is 6. The topological polar surface area (TPSA) is 119 Å². The van der Waals surface area contributed by atoms with Gasteiger partial charge in [-0.1, -0.05) is 18.2 Å². The van der Waals surface area contributed by atoms with Crippen molar-refractivity contribution in [3.8, 4) is 0 Å². The second-order valence-electron chi connectivity index (χ2n) is 7.36. The molecule has 3 heterocycles. The highest BCUT2D eigenvalue weighted by atomic mass is 16.6. The maximum atomic E-state index is 10.8. The zero-order valence-electron chi connectivity index (χ0n) is 17.1. The van der Waals surface area contributed by atoms with Gasteiger partial charge in [-0.3, -0.25) is 14.5 Å². The van der Waals surface area contributed by atoms with Gasteiger partial charge in [0.05, 0.1) is 24.1 Å². The van der Waals surface area contributed by atoms with Gasteiger partial charge in [-0.05, 0) is 37.0 Å². The number of fused-ring (bicyclic) bond motifs is 1. The molecular weight excluding hydrogens is 398 g/mol. The first-order chi connectivity index (χ1) is 15.2. The summed E-state index contributed by atoms with van der Waals surface area (Å²) in [5.41, 5.74) is 1.73. The molecule has 1 aliphatic rings. The number of benzene rings is 1. The van der Waals surface area contributed by atoms with E-state index in [4.69, 9.17) is 4.74 Å².